The number of hydrogen-bond acceptors (Lipinski definition) is 2. The molecule has 0 unspecified atom stereocenters. The maximum Gasteiger partial charge on any atom is 0.140 e. The number of rotatable bonds is 2. The summed E-state index contributed by atoms with van der Waals surface area (Å²) in [7, 11) is 3.54. The molecule has 3 rings (SSSR count). The molecule has 0 fully saturated rings. The van der Waals surface area contributed by atoms with E-state index in [1.54, 1.807) is 13.2 Å². The molecule has 3 aromatic rings. The summed E-state index contributed by atoms with van der Waals surface area (Å²) in [4.78, 5) is 4.54. The standard InChI is InChI=1S/C15H13FN2O/c1-18-14-9-12(19-2)6-7-13(14)17-15(18)10-4-3-5-11(16)8-10/h3-9H,1-2H3. The SMILES string of the molecule is COc1ccc2nc(-c3cccc(F)c3)n(C)c2c1. The van der Waals surface area contributed by atoms with Crippen LogP contribution in [-0.2, 0) is 7.05 Å². The average molecular weight is 256 g/mol. The van der Waals surface area contributed by atoms with E-state index in [2.05, 4.69) is 4.98 Å². The summed E-state index contributed by atoms with van der Waals surface area (Å²) in [5.41, 5.74) is 2.58. The highest BCUT2D eigenvalue weighted by Gasteiger charge is 2.11. The van der Waals surface area contributed by atoms with Crippen molar-refractivity contribution in [3.05, 3.63) is 48.3 Å². The molecule has 0 saturated carbocycles. The number of fused-ring (bicyclic) bond motifs is 1. The highest BCUT2D eigenvalue weighted by Crippen LogP contribution is 2.26. The lowest BCUT2D eigenvalue weighted by Gasteiger charge is -2.03. The number of methoxy groups -OCH3 is 1. The molecule has 4 heteroatoms. The first kappa shape index (κ1) is 11.7. The quantitative estimate of drug-likeness (QED) is 0.702. The van der Waals surface area contributed by atoms with Crippen LogP contribution in [0.25, 0.3) is 22.4 Å². The van der Waals surface area contributed by atoms with Gasteiger partial charge in [-0.2, -0.15) is 0 Å². The number of aryl methyl sites for hydroxylation is 1. The Morgan fingerprint density at radius 2 is 2.00 bits per heavy atom. The maximum absolute atomic E-state index is 13.3. The van der Waals surface area contributed by atoms with Crippen molar-refractivity contribution in [2.75, 3.05) is 7.11 Å². The first-order valence-corrected chi connectivity index (χ1v) is 5.95. The lowest BCUT2D eigenvalue weighted by atomic mass is 10.2. The van der Waals surface area contributed by atoms with E-state index >= 15 is 0 Å². The molecule has 96 valence electrons. The number of aromatic nitrogens is 2. The van der Waals surface area contributed by atoms with E-state index in [1.165, 1.54) is 12.1 Å². The second kappa shape index (κ2) is 4.39. The fourth-order valence-electron chi connectivity index (χ4n) is 2.18. The molecule has 19 heavy (non-hydrogen) atoms. The molecule has 1 aromatic heterocycles. The van der Waals surface area contributed by atoms with Crippen LogP contribution in [0, 0.1) is 5.82 Å². The van der Waals surface area contributed by atoms with Crippen molar-refractivity contribution in [2.24, 2.45) is 7.05 Å². The molecule has 3 nitrogen and oxygen atoms in total. The van der Waals surface area contributed by atoms with E-state index in [1.807, 2.05) is 35.9 Å². The van der Waals surface area contributed by atoms with Crippen molar-refractivity contribution in [3.63, 3.8) is 0 Å². The highest BCUT2D eigenvalue weighted by molar-refractivity contribution is 5.81. The van der Waals surface area contributed by atoms with E-state index in [-0.39, 0.29) is 5.82 Å². The number of hydrogen-bond donors (Lipinski definition) is 0. The molecule has 2 aromatic carbocycles. The lowest BCUT2D eigenvalue weighted by Crippen LogP contribution is -1.93. The Bertz CT molecular complexity index is 749. The Morgan fingerprint density at radius 3 is 2.74 bits per heavy atom. The molecular formula is C15H13FN2O. The molecule has 0 spiro atoms. The predicted octanol–water partition coefficient (Wildman–Crippen LogP) is 3.39. The smallest absolute Gasteiger partial charge is 0.140 e. The summed E-state index contributed by atoms with van der Waals surface area (Å²) in [6, 6.07) is 12.1. The van der Waals surface area contributed by atoms with Gasteiger partial charge in [-0.05, 0) is 24.3 Å². The Balaban J connectivity index is 2.22. The first-order chi connectivity index (χ1) is 9.19. The van der Waals surface area contributed by atoms with Crippen molar-refractivity contribution in [1.29, 1.82) is 0 Å². The van der Waals surface area contributed by atoms with Crippen LogP contribution >= 0.6 is 0 Å². The predicted molar refractivity (Wildman–Crippen MR) is 72.7 cm³/mol. The van der Waals surface area contributed by atoms with Crippen molar-refractivity contribution >= 4 is 11.0 Å². The fourth-order valence-corrected chi connectivity index (χ4v) is 2.18. The number of imidazole rings is 1. The molecule has 0 aliphatic carbocycles. The van der Waals surface area contributed by atoms with Crippen molar-refractivity contribution in [1.82, 2.24) is 9.55 Å². The third-order valence-corrected chi connectivity index (χ3v) is 3.17. The van der Waals surface area contributed by atoms with Crippen molar-refractivity contribution in [2.45, 2.75) is 0 Å². The molecule has 0 N–H and O–H groups in total. The summed E-state index contributed by atoms with van der Waals surface area (Å²) in [5.74, 6) is 1.26. The Kier molecular flexibility index (Phi) is 2.71. The molecular weight excluding hydrogens is 243 g/mol. The van der Waals surface area contributed by atoms with Gasteiger partial charge in [-0.15, -0.1) is 0 Å². The highest BCUT2D eigenvalue weighted by atomic mass is 19.1. The average Bonchev–Trinajstić information content (AvgIpc) is 2.76. The van der Waals surface area contributed by atoms with Gasteiger partial charge >= 0.3 is 0 Å². The number of ether oxygens (including phenoxy) is 1. The zero-order valence-corrected chi connectivity index (χ0v) is 10.7. The second-order valence-electron chi connectivity index (χ2n) is 4.36. The Hall–Kier alpha value is -2.36. The van der Waals surface area contributed by atoms with Gasteiger partial charge in [0.2, 0.25) is 0 Å². The molecule has 0 saturated heterocycles. The molecule has 0 radical (unpaired) electrons. The third-order valence-electron chi connectivity index (χ3n) is 3.17. The number of nitrogens with zero attached hydrogens (tertiary/aromatic N) is 2. The van der Waals surface area contributed by atoms with Crippen LogP contribution in [0.5, 0.6) is 5.75 Å². The van der Waals surface area contributed by atoms with Gasteiger partial charge in [-0.25, -0.2) is 9.37 Å². The molecule has 1 heterocycles. The van der Waals surface area contributed by atoms with E-state index in [9.17, 15) is 4.39 Å². The van der Waals surface area contributed by atoms with Crippen LogP contribution in [0.2, 0.25) is 0 Å². The minimum atomic E-state index is -0.262. The third kappa shape index (κ3) is 1.95. The number of halogens is 1. The summed E-state index contributed by atoms with van der Waals surface area (Å²) >= 11 is 0. The molecule has 0 aliphatic rings. The Morgan fingerprint density at radius 1 is 1.16 bits per heavy atom. The van der Waals surface area contributed by atoms with E-state index < -0.39 is 0 Å². The summed E-state index contributed by atoms with van der Waals surface area (Å²) in [5, 5.41) is 0. The minimum absolute atomic E-state index is 0.262. The van der Waals surface area contributed by atoms with Gasteiger partial charge in [-0.1, -0.05) is 12.1 Å². The summed E-state index contributed by atoms with van der Waals surface area (Å²) in [6.07, 6.45) is 0. The lowest BCUT2D eigenvalue weighted by molar-refractivity contribution is 0.415. The fraction of sp³-hybridized carbons (Fsp3) is 0.133. The van der Waals surface area contributed by atoms with Crippen LogP contribution in [0.4, 0.5) is 4.39 Å². The van der Waals surface area contributed by atoms with Gasteiger partial charge < -0.3 is 9.30 Å². The second-order valence-corrected chi connectivity index (χ2v) is 4.36. The molecule has 0 amide bonds. The van der Waals surface area contributed by atoms with Gasteiger partial charge in [-0.3, -0.25) is 0 Å². The van der Waals surface area contributed by atoms with E-state index in [0.717, 1.165) is 28.2 Å². The van der Waals surface area contributed by atoms with Crippen LogP contribution < -0.4 is 4.74 Å². The summed E-state index contributed by atoms with van der Waals surface area (Å²) in [6.45, 7) is 0. The Labute approximate surface area is 110 Å². The topological polar surface area (TPSA) is 27.1 Å². The molecule has 0 aliphatic heterocycles. The monoisotopic (exact) mass is 256 g/mol. The summed E-state index contributed by atoms with van der Waals surface area (Å²) < 4.78 is 20.4. The van der Waals surface area contributed by atoms with Crippen LogP contribution in [-0.4, -0.2) is 16.7 Å². The van der Waals surface area contributed by atoms with E-state index in [0.29, 0.717) is 0 Å². The van der Waals surface area contributed by atoms with Crippen molar-refractivity contribution in [3.8, 4) is 17.1 Å². The zero-order chi connectivity index (χ0) is 13.4. The van der Waals surface area contributed by atoms with Gasteiger partial charge in [0.25, 0.3) is 0 Å². The van der Waals surface area contributed by atoms with Gasteiger partial charge in [0.05, 0.1) is 18.1 Å². The first-order valence-electron chi connectivity index (χ1n) is 5.95. The van der Waals surface area contributed by atoms with Crippen LogP contribution in [0.3, 0.4) is 0 Å². The normalized spacial score (nSPS) is 10.9. The van der Waals surface area contributed by atoms with Crippen molar-refractivity contribution < 1.29 is 9.13 Å². The van der Waals surface area contributed by atoms with Gasteiger partial charge in [0, 0.05) is 18.7 Å². The van der Waals surface area contributed by atoms with Gasteiger partial charge in [0.1, 0.15) is 17.4 Å². The zero-order valence-electron chi connectivity index (χ0n) is 10.7. The molecule has 0 bridgehead atoms. The van der Waals surface area contributed by atoms with E-state index in [4.69, 9.17) is 4.74 Å². The van der Waals surface area contributed by atoms with Gasteiger partial charge in [0.15, 0.2) is 0 Å². The van der Waals surface area contributed by atoms with Crippen LogP contribution in [0.15, 0.2) is 42.5 Å². The van der Waals surface area contributed by atoms with Crippen LogP contribution in [0.1, 0.15) is 0 Å². The minimum Gasteiger partial charge on any atom is -0.497 e. The maximum atomic E-state index is 13.3. The molecule has 0 atom stereocenters. The largest absolute Gasteiger partial charge is 0.497 e. The number of benzene rings is 2.